The van der Waals surface area contributed by atoms with Gasteiger partial charge in [0.25, 0.3) is 0 Å². The predicted octanol–water partition coefficient (Wildman–Crippen LogP) is 7.39. The first-order valence-corrected chi connectivity index (χ1v) is 11.3. The highest BCUT2D eigenvalue weighted by Crippen LogP contribution is 2.26. The Hall–Kier alpha value is -4.29. The van der Waals surface area contributed by atoms with Gasteiger partial charge in [-0.15, -0.1) is 0 Å². The smallest absolute Gasteiger partial charge is 0.154 e. The van der Waals surface area contributed by atoms with Crippen molar-refractivity contribution < 1.29 is 0 Å². The molecule has 0 aliphatic rings. The second-order valence-corrected chi connectivity index (χ2v) is 8.42. The van der Waals surface area contributed by atoms with Crippen LogP contribution in [-0.2, 0) is 0 Å². The van der Waals surface area contributed by atoms with Crippen LogP contribution < -0.4 is 0 Å². The summed E-state index contributed by atoms with van der Waals surface area (Å²) < 4.78 is 0. The Balaban J connectivity index is 1.64. The standard InChI is InChI=1S/C31H27N3/c1-21-8-5-13-28(16-21)30-15-14-29(17-22(30)2)31(33-4)34-23(3)25-10-7-12-27(19-25)26-11-6-9-24(18-26)20-32/h5-19H,1-4H3. The maximum absolute atomic E-state index is 9.22. The Morgan fingerprint density at radius 2 is 1.44 bits per heavy atom. The predicted molar refractivity (Wildman–Crippen MR) is 143 cm³/mol. The van der Waals surface area contributed by atoms with Crippen molar-refractivity contribution in [2.75, 3.05) is 7.05 Å². The summed E-state index contributed by atoms with van der Waals surface area (Å²) in [7, 11) is 1.78. The fourth-order valence-electron chi connectivity index (χ4n) is 4.10. The molecule has 0 spiro atoms. The second-order valence-electron chi connectivity index (χ2n) is 8.42. The van der Waals surface area contributed by atoms with E-state index < -0.39 is 0 Å². The molecule has 4 aromatic rings. The van der Waals surface area contributed by atoms with Crippen molar-refractivity contribution in [2.45, 2.75) is 20.8 Å². The SMILES string of the molecule is CN=C(N=C(C)c1cccc(-c2cccc(C#N)c2)c1)c1ccc(-c2cccc(C)c2)c(C)c1. The maximum atomic E-state index is 9.22. The molecule has 3 heteroatoms. The second kappa shape index (κ2) is 10.1. The van der Waals surface area contributed by atoms with Gasteiger partial charge in [-0.1, -0.05) is 72.3 Å². The van der Waals surface area contributed by atoms with E-state index in [1.54, 1.807) is 7.05 Å². The molecule has 0 unspecified atom stereocenters. The van der Waals surface area contributed by atoms with Crippen LogP contribution in [0.2, 0.25) is 0 Å². The lowest BCUT2D eigenvalue weighted by Gasteiger charge is -2.11. The first-order valence-electron chi connectivity index (χ1n) is 11.3. The van der Waals surface area contributed by atoms with Crippen LogP contribution in [0, 0.1) is 25.2 Å². The summed E-state index contributed by atoms with van der Waals surface area (Å²) >= 11 is 0. The lowest BCUT2D eigenvalue weighted by molar-refractivity contribution is 1.36. The fourth-order valence-corrected chi connectivity index (χ4v) is 4.10. The van der Waals surface area contributed by atoms with Gasteiger partial charge in [0.2, 0.25) is 0 Å². The number of nitriles is 1. The Morgan fingerprint density at radius 1 is 0.735 bits per heavy atom. The first-order chi connectivity index (χ1) is 16.5. The van der Waals surface area contributed by atoms with Crippen molar-refractivity contribution in [2.24, 2.45) is 9.98 Å². The zero-order chi connectivity index (χ0) is 24.1. The van der Waals surface area contributed by atoms with Crippen LogP contribution in [0.3, 0.4) is 0 Å². The number of amidine groups is 1. The molecule has 0 bridgehead atoms. The number of rotatable bonds is 4. The van der Waals surface area contributed by atoms with Gasteiger partial charge in [-0.2, -0.15) is 5.26 Å². The van der Waals surface area contributed by atoms with E-state index in [4.69, 9.17) is 4.99 Å². The number of hydrogen-bond acceptors (Lipinski definition) is 2. The van der Waals surface area contributed by atoms with Crippen LogP contribution >= 0.6 is 0 Å². The van der Waals surface area contributed by atoms with Gasteiger partial charge in [0.15, 0.2) is 5.84 Å². The molecule has 3 nitrogen and oxygen atoms in total. The summed E-state index contributed by atoms with van der Waals surface area (Å²) in [5.41, 5.74) is 10.5. The summed E-state index contributed by atoms with van der Waals surface area (Å²) in [5, 5.41) is 9.22. The lowest BCUT2D eigenvalue weighted by atomic mass is 9.97. The third kappa shape index (κ3) is 5.03. The van der Waals surface area contributed by atoms with Crippen molar-refractivity contribution in [3.63, 3.8) is 0 Å². The number of hydrogen-bond donors (Lipinski definition) is 0. The Kier molecular flexibility index (Phi) is 6.80. The molecule has 0 aromatic heterocycles. The van der Waals surface area contributed by atoms with Crippen LogP contribution in [0.4, 0.5) is 0 Å². The lowest BCUT2D eigenvalue weighted by Crippen LogP contribution is -2.04. The summed E-state index contributed by atoms with van der Waals surface area (Å²) in [6.45, 7) is 6.25. The van der Waals surface area contributed by atoms with Gasteiger partial charge >= 0.3 is 0 Å². The van der Waals surface area contributed by atoms with Crippen molar-refractivity contribution in [3.8, 4) is 28.3 Å². The van der Waals surface area contributed by atoms with E-state index in [1.165, 1.54) is 22.3 Å². The molecule has 4 aromatic carbocycles. The Morgan fingerprint density at radius 3 is 2.15 bits per heavy atom. The minimum Gasteiger partial charge on any atom is -0.270 e. The topological polar surface area (TPSA) is 48.5 Å². The molecule has 4 rings (SSSR count). The van der Waals surface area contributed by atoms with E-state index in [0.717, 1.165) is 28.0 Å². The van der Waals surface area contributed by atoms with Gasteiger partial charge in [0.05, 0.1) is 11.6 Å². The normalized spacial score (nSPS) is 11.9. The average molecular weight is 442 g/mol. The minimum atomic E-state index is 0.651. The molecular formula is C31H27N3. The molecule has 0 N–H and O–H groups in total. The molecule has 0 saturated carbocycles. The van der Waals surface area contributed by atoms with E-state index in [-0.39, 0.29) is 0 Å². The minimum absolute atomic E-state index is 0.651. The van der Waals surface area contributed by atoms with Gasteiger partial charge in [0, 0.05) is 18.3 Å². The van der Waals surface area contributed by atoms with Crippen LogP contribution in [0.15, 0.2) is 101 Å². The van der Waals surface area contributed by atoms with Crippen molar-refractivity contribution >= 4 is 11.5 Å². The van der Waals surface area contributed by atoms with E-state index in [2.05, 4.69) is 85.6 Å². The fraction of sp³-hybridized carbons (Fsp3) is 0.129. The van der Waals surface area contributed by atoms with Gasteiger partial charge in [-0.05, 0) is 78.4 Å². The van der Waals surface area contributed by atoms with Gasteiger partial charge < -0.3 is 0 Å². The molecule has 0 saturated heterocycles. The third-order valence-electron chi connectivity index (χ3n) is 5.90. The van der Waals surface area contributed by atoms with Crippen molar-refractivity contribution in [1.82, 2.24) is 0 Å². The van der Waals surface area contributed by atoms with E-state index in [0.29, 0.717) is 11.4 Å². The van der Waals surface area contributed by atoms with Crippen molar-refractivity contribution in [3.05, 3.63) is 119 Å². The molecule has 166 valence electrons. The number of aliphatic imine (C=N–C) groups is 2. The molecule has 0 radical (unpaired) electrons. The molecule has 0 aliphatic carbocycles. The highest BCUT2D eigenvalue weighted by Gasteiger charge is 2.09. The Bertz CT molecular complexity index is 1450. The van der Waals surface area contributed by atoms with Gasteiger partial charge in [-0.3, -0.25) is 4.99 Å². The highest BCUT2D eigenvalue weighted by atomic mass is 14.9. The summed E-state index contributed by atoms with van der Waals surface area (Å²) in [4.78, 5) is 9.35. The molecule has 34 heavy (non-hydrogen) atoms. The van der Waals surface area contributed by atoms with Crippen LogP contribution in [0.25, 0.3) is 22.3 Å². The number of nitrogens with zero attached hydrogens (tertiary/aromatic N) is 3. The molecular weight excluding hydrogens is 414 g/mol. The zero-order valence-electron chi connectivity index (χ0n) is 20.0. The van der Waals surface area contributed by atoms with E-state index in [1.807, 2.05) is 37.3 Å². The summed E-state index contributed by atoms with van der Waals surface area (Å²) in [5.74, 6) is 0.702. The van der Waals surface area contributed by atoms with Crippen LogP contribution in [0.5, 0.6) is 0 Å². The quantitative estimate of drug-likeness (QED) is 0.240. The molecule has 0 atom stereocenters. The van der Waals surface area contributed by atoms with Gasteiger partial charge in [-0.25, -0.2) is 4.99 Å². The van der Waals surface area contributed by atoms with E-state index >= 15 is 0 Å². The summed E-state index contributed by atoms with van der Waals surface area (Å²) in [6, 6.07) is 33.0. The molecule has 0 heterocycles. The zero-order valence-corrected chi connectivity index (χ0v) is 20.0. The summed E-state index contributed by atoms with van der Waals surface area (Å²) in [6.07, 6.45) is 0. The largest absolute Gasteiger partial charge is 0.270 e. The van der Waals surface area contributed by atoms with E-state index in [9.17, 15) is 5.26 Å². The monoisotopic (exact) mass is 441 g/mol. The van der Waals surface area contributed by atoms with Crippen LogP contribution in [0.1, 0.15) is 34.7 Å². The van der Waals surface area contributed by atoms with Crippen LogP contribution in [-0.4, -0.2) is 18.6 Å². The number of aryl methyl sites for hydroxylation is 2. The molecule has 0 aliphatic heterocycles. The highest BCUT2D eigenvalue weighted by molar-refractivity contribution is 6.12. The third-order valence-corrected chi connectivity index (χ3v) is 5.90. The molecule has 0 amide bonds. The first kappa shape index (κ1) is 22.9. The molecule has 0 fully saturated rings. The van der Waals surface area contributed by atoms with Crippen molar-refractivity contribution in [1.29, 1.82) is 5.26 Å². The number of benzene rings is 4. The van der Waals surface area contributed by atoms with Gasteiger partial charge in [0.1, 0.15) is 0 Å². The maximum Gasteiger partial charge on any atom is 0.154 e. The average Bonchev–Trinajstić information content (AvgIpc) is 2.87. The Labute approximate surface area is 201 Å².